The second-order valence-corrected chi connectivity index (χ2v) is 8.44. The normalized spacial score (nSPS) is 11.8. The first kappa shape index (κ1) is 18.4. The highest BCUT2D eigenvalue weighted by molar-refractivity contribution is 7.89. The summed E-state index contributed by atoms with van der Waals surface area (Å²) in [6.07, 6.45) is 0. The highest BCUT2D eigenvalue weighted by atomic mass is 32.2. The molecule has 0 unspecified atom stereocenters. The average Bonchev–Trinajstić information content (AvgIpc) is 2.65. The lowest BCUT2D eigenvalue weighted by molar-refractivity contribution is 0.423. The van der Waals surface area contributed by atoms with E-state index < -0.39 is 10.0 Å². The maximum absolute atomic E-state index is 13.1. The summed E-state index contributed by atoms with van der Waals surface area (Å²) in [5, 5.41) is 1.97. The van der Waals surface area contributed by atoms with Crippen molar-refractivity contribution in [3.05, 3.63) is 72.3 Å². The van der Waals surface area contributed by atoms with Crippen LogP contribution in [0.3, 0.4) is 0 Å². The number of anilines is 1. The third-order valence-electron chi connectivity index (χ3n) is 4.52. The van der Waals surface area contributed by atoms with E-state index in [1.165, 1.54) is 4.31 Å². The fourth-order valence-electron chi connectivity index (χ4n) is 2.95. The quantitative estimate of drug-likeness (QED) is 0.657. The molecule has 0 N–H and O–H groups in total. The van der Waals surface area contributed by atoms with Gasteiger partial charge in [-0.25, -0.2) is 8.42 Å². The van der Waals surface area contributed by atoms with Gasteiger partial charge in [0.05, 0.1) is 4.90 Å². The van der Waals surface area contributed by atoms with Crippen LogP contribution in [0.5, 0.6) is 0 Å². The smallest absolute Gasteiger partial charge is 0.243 e. The Morgan fingerprint density at radius 3 is 2.12 bits per heavy atom. The van der Waals surface area contributed by atoms with Gasteiger partial charge in [0, 0.05) is 32.9 Å². The first-order chi connectivity index (χ1) is 12.4. The van der Waals surface area contributed by atoms with E-state index in [2.05, 4.69) is 0 Å². The second kappa shape index (κ2) is 7.48. The zero-order chi connectivity index (χ0) is 18.7. The van der Waals surface area contributed by atoms with E-state index in [0.29, 0.717) is 18.0 Å². The Labute approximate surface area is 155 Å². The Balaban J connectivity index is 1.89. The Morgan fingerprint density at radius 1 is 0.846 bits per heavy atom. The van der Waals surface area contributed by atoms with Gasteiger partial charge < -0.3 is 4.90 Å². The van der Waals surface area contributed by atoms with Crippen LogP contribution in [-0.4, -0.2) is 33.4 Å². The minimum Gasteiger partial charge on any atom is -0.378 e. The van der Waals surface area contributed by atoms with Crippen molar-refractivity contribution < 1.29 is 8.42 Å². The van der Waals surface area contributed by atoms with Crippen molar-refractivity contribution >= 4 is 26.5 Å². The molecule has 3 aromatic carbocycles. The molecule has 0 heterocycles. The molecule has 0 fully saturated rings. The number of rotatable bonds is 6. The lowest BCUT2D eigenvalue weighted by atomic mass is 10.1. The number of benzene rings is 3. The SMILES string of the molecule is CCN(Cc1ccc(N(C)C)cc1)S(=O)(=O)c1ccc2ccccc2c1. The van der Waals surface area contributed by atoms with Gasteiger partial charge >= 0.3 is 0 Å². The predicted molar refractivity (Wildman–Crippen MR) is 108 cm³/mol. The number of hydrogen-bond acceptors (Lipinski definition) is 3. The fraction of sp³-hybridized carbons (Fsp3) is 0.238. The Kier molecular flexibility index (Phi) is 5.30. The van der Waals surface area contributed by atoms with E-state index in [-0.39, 0.29) is 0 Å². The van der Waals surface area contributed by atoms with Gasteiger partial charge in [0.25, 0.3) is 0 Å². The van der Waals surface area contributed by atoms with Crippen LogP contribution in [0.15, 0.2) is 71.6 Å². The standard InChI is InChI=1S/C21H24N2O2S/c1-4-23(16-17-9-12-20(13-10-17)22(2)3)26(24,25)21-14-11-18-7-5-6-8-19(18)15-21/h5-15H,4,16H2,1-3H3. The summed E-state index contributed by atoms with van der Waals surface area (Å²) in [6.45, 7) is 2.65. The Hall–Kier alpha value is -2.37. The van der Waals surface area contributed by atoms with E-state index in [0.717, 1.165) is 22.0 Å². The van der Waals surface area contributed by atoms with Crippen LogP contribution >= 0.6 is 0 Å². The van der Waals surface area contributed by atoms with Gasteiger partial charge in [-0.1, -0.05) is 49.4 Å². The largest absolute Gasteiger partial charge is 0.378 e. The highest BCUT2D eigenvalue weighted by Crippen LogP contribution is 2.23. The maximum Gasteiger partial charge on any atom is 0.243 e. The molecule has 0 aliphatic carbocycles. The molecule has 0 saturated carbocycles. The van der Waals surface area contributed by atoms with Gasteiger partial charge in [0.1, 0.15) is 0 Å². The molecule has 4 nitrogen and oxygen atoms in total. The molecule has 5 heteroatoms. The Bertz CT molecular complexity index is 996. The summed E-state index contributed by atoms with van der Waals surface area (Å²) < 4.78 is 27.7. The molecule has 0 atom stereocenters. The molecule has 0 spiro atoms. The molecule has 0 amide bonds. The van der Waals surface area contributed by atoms with Crippen LogP contribution in [0.25, 0.3) is 10.8 Å². The van der Waals surface area contributed by atoms with Crippen LogP contribution in [0.1, 0.15) is 12.5 Å². The van der Waals surface area contributed by atoms with Gasteiger partial charge in [0.15, 0.2) is 0 Å². The first-order valence-corrected chi connectivity index (χ1v) is 10.1. The molecule has 0 aliphatic heterocycles. The second-order valence-electron chi connectivity index (χ2n) is 6.50. The zero-order valence-corrected chi connectivity index (χ0v) is 16.2. The van der Waals surface area contributed by atoms with Gasteiger partial charge in [0.2, 0.25) is 10.0 Å². The van der Waals surface area contributed by atoms with Crippen molar-refractivity contribution in [3.8, 4) is 0 Å². The molecule has 136 valence electrons. The summed E-state index contributed by atoms with van der Waals surface area (Å²) in [7, 11) is 0.423. The Morgan fingerprint density at radius 2 is 1.50 bits per heavy atom. The summed E-state index contributed by atoms with van der Waals surface area (Å²) >= 11 is 0. The van der Waals surface area contributed by atoms with E-state index in [9.17, 15) is 8.42 Å². The number of sulfonamides is 1. The van der Waals surface area contributed by atoms with Gasteiger partial charge in [-0.15, -0.1) is 0 Å². The average molecular weight is 369 g/mol. The summed E-state index contributed by atoms with van der Waals surface area (Å²) in [4.78, 5) is 2.36. The lowest BCUT2D eigenvalue weighted by Gasteiger charge is -2.21. The lowest BCUT2D eigenvalue weighted by Crippen LogP contribution is -2.30. The van der Waals surface area contributed by atoms with Crippen LogP contribution in [0.4, 0.5) is 5.69 Å². The summed E-state index contributed by atoms with van der Waals surface area (Å²) in [5.41, 5.74) is 2.07. The van der Waals surface area contributed by atoms with Crippen LogP contribution in [-0.2, 0) is 16.6 Å². The molecular weight excluding hydrogens is 344 g/mol. The third kappa shape index (κ3) is 3.74. The van der Waals surface area contributed by atoms with Gasteiger partial charge in [-0.3, -0.25) is 0 Å². The van der Waals surface area contributed by atoms with Gasteiger partial charge in [-0.05, 0) is 40.6 Å². The summed E-state index contributed by atoms with van der Waals surface area (Å²) in [6, 6.07) is 21.1. The molecule has 3 rings (SSSR count). The topological polar surface area (TPSA) is 40.6 Å². The molecule has 0 aromatic heterocycles. The van der Waals surface area contributed by atoms with Crippen LogP contribution in [0, 0.1) is 0 Å². The van der Waals surface area contributed by atoms with Crippen molar-refractivity contribution in [2.45, 2.75) is 18.4 Å². The molecule has 3 aromatic rings. The molecule has 0 radical (unpaired) electrons. The molecule has 0 aliphatic rings. The van der Waals surface area contributed by atoms with E-state index in [1.54, 1.807) is 12.1 Å². The van der Waals surface area contributed by atoms with E-state index in [1.807, 2.05) is 80.5 Å². The fourth-order valence-corrected chi connectivity index (χ4v) is 4.42. The van der Waals surface area contributed by atoms with Crippen LogP contribution in [0.2, 0.25) is 0 Å². The van der Waals surface area contributed by atoms with Crippen molar-refractivity contribution in [2.24, 2.45) is 0 Å². The molecule has 0 bridgehead atoms. The van der Waals surface area contributed by atoms with Crippen molar-refractivity contribution in [1.29, 1.82) is 0 Å². The van der Waals surface area contributed by atoms with E-state index in [4.69, 9.17) is 0 Å². The molecular formula is C21H24N2O2S. The summed E-state index contributed by atoms with van der Waals surface area (Å²) in [5.74, 6) is 0. The molecule has 26 heavy (non-hydrogen) atoms. The van der Waals surface area contributed by atoms with E-state index >= 15 is 0 Å². The number of nitrogens with zero attached hydrogens (tertiary/aromatic N) is 2. The predicted octanol–water partition coefficient (Wildman–Crippen LogP) is 4.12. The third-order valence-corrected chi connectivity index (χ3v) is 6.44. The first-order valence-electron chi connectivity index (χ1n) is 8.67. The maximum atomic E-state index is 13.1. The minimum absolute atomic E-state index is 0.336. The highest BCUT2D eigenvalue weighted by Gasteiger charge is 2.23. The van der Waals surface area contributed by atoms with Crippen molar-refractivity contribution in [1.82, 2.24) is 4.31 Å². The van der Waals surface area contributed by atoms with Crippen LogP contribution < -0.4 is 4.90 Å². The number of hydrogen-bond donors (Lipinski definition) is 0. The monoisotopic (exact) mass is 368 g/mol. The van der Waals surface area contributed by atoms with Gasteiger partial charge in [-0.2, -0.15) is 4.31 Å². The number of fused-ring (bicyclic) bond motifs is 1. The van der Waals surface area contributed by atoms with Crippen molar-refractivity contribution in [2.75, 3.05) is 25.5 Å². The van der Waals surface area contributed by atoms with Crippen molar-refractivity contribution in [3.63, 3.8) is 0 Å². The zero-order valence-electron chi connectivity index (χ0n) is 15.4. The minimum atomic E-state index is -3.54. The molecule has 0 saturated heterocycles.